The van der Waals surface area contributed by atoms with Gasteiger partial charge in [0, 0.05) is 23.5 Å². The molecule has 12 heteroatoms. The molecule has 0 saturated carbocycles. The van der Waals surface area contributed by atoms with Crippen molar-refractivity contribution < 1.29 is 18.1 Å². The number of anilines is 2. The summed E-state index contributed by atoms with van der Waals surface area (Å²) in [5, 5.41) is 18.1. The number of amides is 1. The summed E-state index contributed by atoms with van der Waals surface area (Å²) in [4.78, 5) is 36.3. The van der Waals surface area contributed by atoms with Gasteiger partial charge in [-0.1, -0.05) is 25.1 Å². The maximum absolute atomic E-state index is 12.9. The first-order valence-corrected chi connectivity index (χ1v) is 12.0. The molecule has 0 aliphatic rings. The van der Waals surface area contributed by atoms with Crippen LogP contribution in [0.3, 0.4) is 0 Å². The molecule has 0 atom stereocenters. The summed E-state index contributed by atoms with van der Waals surface area (Å²) in [6.45, 7) is 4.91. The van der Waals surface area contributed by atoms with Crippen molar-refractivity contribution in [3.8, 4) is 5.69 Å². The van der Waals surface area contributed by atoms with Crippen LogP contribution in [0.25, 0.3) is 5.69 Å². The summed E-state index contributed by atoms with van der Waals surface area (Å²) in [5.74, 6) is -0.893. The first-order chi connectivity index (χ1) is 16.0. The number of nitro benzene ring substituents is 1. The molecule has 1 amide bonds. The summed E-state index contributed by atoms with van der Waals surface area (Å²) in [6.07, 6.45) is 0.440. The SMILES string of the molecule is CCCS(=O)(=O)Nc1cccc(NC(=O)c2nn(-c3ccccc3[N+](=O)[O-])c(C)cc2=O)c1C. The van der Waals surface area contributed by atoms with E-state index in [4.69, 9.17) is 0 Å². The highest BCUT2D eigenvalue weighted by Gasteiger charge is 2.21. The smallest absolute Gasteiger partial charge is 0.294 e. The van der Waals surface area contributed by atoms with E-state index in [0.29, 0.717) is 23.4 Å². The van der Waals surface area contributed by atoms with E-state index in [0.717, 1.165) is 4.68 Å². The molecule has 11 nitrogen and oxygen atoms in total. The van der Waals surface area contributed by atoms with Crippen molar-refractivity contribution in [1.82, 2.24) is 9.78 Å². The van der Waals surface area contributed by atoms with Crippen molar-refractivity contribution in [3.05, 3.63) is 85.8 Å². The minimum Gasteiger partial charge on any atom is -0.320 e. The van der Waals surface area contributed by atoms with Crippen molar-refractivity contribution in [1.29, 1.82) is 0 Å². The van der Waals surface area contributed by atoms with E-state index in [1.54, 1.807) is 45.0 Å². The van der Waals surface area contributed by atoms with E-state index in [2.05, 4.69) is 15.1 Å². The fraction of sp³-hybridized carbons (Fsp3) is 0.227. The second kappa shape index (κ2) is 9.83. The Morgan fingerprint density at radius 2 is 1.79 bits per heavy atom. The van der Waals surface area contributed by atoms with E-state index in [9.17, 15) is 28.1 Å². The second-order valence-corrected chi connectivity index (χ2v) is 9.35. The van der Waals surface area contributed by atoms with Crippen LogP contribution in [0.4, 0.5) is 17.1 Å². The van der Waals surface area contributed by atoms with Gasteiger partial charge in [0.15, 0.2) is 5.69 Å². The number of carbonyl (C=O) groups excluding carboxylic acids is 1. The first-order valence-electron chi connectivity index (χ1n) is 10.3. The van der Waals surface area contributed by atoms with E-state index < -0.39 is 32.0 Å². The number of aryl methyl sites for hydroxylation is 1. The number of rotatable bonds is 8. The van der Waals surface area contributed by atoms with Crippen molar-refractivity contribution >= 4 is 33.0 Å². The monoisotopic (exact) mass is 485 g/mol. The van der Waals surface area contributed by atoms with Crippen molar-refractivity contribution in [2.45, 2.75) is 27.2 Å². The minimum absolute atomic E-state index is 0.0541. The highest BCUT2D eigenvalue weighted by molar-refractivity contribution is 7.92. The Bertz CT molecular complexity index is 1430. The molecule has 0 fully saturated rings. The lowest BCUT2D eigenvalue weighted by Crippen LogP contribution is -2.27. The van der Waals surface area contributed by atoms with Crippen LogP contribution in [0.1, 0.15) is 35.1 Å². The van der Waals surface area contributed by atoms with Gasteiger partial charge in [0.1, 0.15) is 5.69 Å². The Labute approximate surface area is 195 Å². The standard InChI is InChI=1S/C22H23N5O6S/c1-4-12-34(32,33)25-17-9-7-8-16(15(17)3)23-22(29)21-20(28)13-14(2)26(24-21)18-10-5-6-11-19(18)27(30)31/h5-11,13,25H,4,12H2,1-3H3,(H,23,29). The molecule has 0 aliphatic heterocycles. The van der Waals surface area contributed by atoms with Gasteiger partial charge in [0.2, 0.25) is 15.5 Å². The normalized spacial score (nSPS) is 11.1. The Hall–Kier alpha value is -4.06. The molecular weight excluding hydrogens is 462 g/mol. The van der Waals surface area contributed by atoms with E-state index >= 15 is 0 Å². The number of aromatic nitrogens is 2. The van der Waals surface area contributed by atoms with Crippen molar-refractivity contribution in [2.24, 2.45) is 0 Å². The van der Waals surface area contributed by atoms with Gasteiger partial charge in [-0.3, -0.25) is 24.4 Å². The van der Waals surface area contributed by atoms with E-state index in [1.807, 2.05) is 0 Å². The molecule has 34 heavy (non-hydrogen) atoms. The molecule has 0 saturated heterocycles. The van der Waals surface area contributed by atoms with Crippen LogP contribution < -0.4 is 15.5 Å². The van der Waals surface area contributed by atoms with Gasteiger partial charge in [-0.2, -0.15) is 5.10 Å². The summed E-state index contributed by atoms with van der Waals surface area (Å²) >= 11 is 0. The van der Waals surface area contributed by atoms with Crippen LogP contribution in [-0.2, 0) is 10.0 Å². The number of nitrogens with one attached hydrogen (secondary N) is 2. The third-order valence-electron chi connectivity index (χ3n) is 4.95. The van der Waals surface area contributed by atoms with Gasteiger partial charge in [0.05, 0.1) is 16.4 Å². The summed E-state index contributed by atoms with van der Waals surface area (Å²) < 4.78 is 27.9. The molecule has 178 valence electrons. The molecule has 3 rings (SSSR count). The molecule has 2 aromatic carbocycles. The fourth-order valence-electron chi connectivity index (χ4n) is 3.30. The summed E-state index contributed by atoms with van der Waals surface area (Å²) in [5.41, 5.74) is 0.0446. The lowest BCUT2D eigenvalue weighted by molar-refractivity contribution is -0.384. The third-order valence-corrected chi connectivity index (χ3v) is 6.43. The Morgan fingerprint density at radius 1 is 1.12 bits per heavy atom. The van der Waals surface area contributed by atoms with Crippen LogP contribution in [0, 0.1) is 24.0 Å². The molecule has 1 heterocycles. The molecule has 0 spiro atoms. The number of nitrogens with zero attached hydrogens (tertiary/aromatic N) is 3. The zero-order valence-electron chi connectivity index (χ0n) is 18.7. The molecule has 0 bridgehead atoms. The van der Waals surface area contributed by atoms with Gasteiger partial charge in [-0.25, -0.2) is 13.1 Å². The van der Waals surface area contributed by atoms with E-state index in [1.165, 1.54) is 24.3 Å². The van der Waals surface area contributed by atoms with Crippen LogP contribution in [0.5, 0.6) is 0 Å². The van der Waals surface area contributed by atoms with Crippen LogP contribution in [0.15, 0.2) is 53.3 Å². The highest BCUT2D eigenvalue weighted by atomic mass is 32.2. The van der Waals surface area contributed by atoms with Crippen LogP contribution >= 0.6 is 0 Å². The van der Waals surface area contributed by atoms with Gasteiger partial charge < -0.3 is 5.32 Å². The number of benzene rings is 2. The average Bonchev–Trinajstić information content (AvgIpc) is 2.76. The van der Waals surface area contributed by atoms with Crippen molar-refractivity contribution in [2.75, 3.05) is 15.8 Å². The molecular formula is C22H23N5O6S. The maximum atomic E-state index is 12.9. The molecule has 2 N–H and O–H groups in total. The zero-order chi connectivity index (χ0) is 25.0. The van der Waals surface area contributed by atoms with Gasteiger partial charge >= 0.3 is 0 Å². The second-order valence-electron chi connectivity index (χ2n) is 7.51. The zero-order valence-corrected chi connectivity index (χ0v) is 19.5. The largest absolute Gasteiger partial charge is 0.320 e. The quantitative estimate of drug-likeness (QED) is 0.367. The number of sulfonamides is 1. The van der Waals surface area contributed by atoms with Crippen LogP contribution in [-0.4, -0.2) is 34.8 Å². The number of nitro groups is 1. The Balaban J connectivity index is 1.98. The lowest BCUT2D eigenvalue weighted by Gasteiger charge is -2.15. The minimum atomic E-state index is -3.55. The predicted molar refractivity (Wildman–Crippen MR) is 128 cm³/mol. The Kier molecular flexibility index (Phi) is 7.11. The number of para-hydroxylation sites is 2. The Morgan fingerprint density at radius 3 is 2.47 bits per heavy atom. The van der Waals surface area contributed by atoms with Crippen LogP contribution in [0.2, 0.25) is 0 Å². The molecule has 0 radical (unpaired) electrons. The summed E-state index contributed by atoms with van der Waals surface area (Å²) in [7, 11) is -3.55. The number of hydrogen-bond acceptors (Lipinski definition) is 7. The van der Waals surface area contributed by atoms with Crippen molar-refractivity contribution in [3.63, 3.8) is 0 Å². The predicted octanol–water partition coefficient (Wildman–Crippen LogP) is 3.16. The third kappa shape index (κ3) is 5.29. The molecule has 3 aromatic rings. The van der Waals surface area contributed by atoms with Gasteiger partial charge in [0.25, 0.3) is 11.6 Å². The summed E-state index contributed by atoms with van der Waals surface area (Å²) in [6, 6.07) is 11.7. The van der Waals surface area contributed by atoms with Gasteiger partial charge in [-0.15, -0.1) is 0 Å². The molecule has 0 aliphatic carbocycles. The van der Waals surface area contributed by atoms with E-state index in [-0.39, 0.29) is 22.8 Å². The number of carbonyl (C=O) groups is 1. The maximum Gasteiger partial charge on any atom is 0.294 e. The topological polar surface area (TPSA) is 153 Å². The highest BCUT2D eigenvalue weighted by Crippen LogP contribution is 2.25. The molecule has 0 unspecified atom stereocenters. The number of hydrogen-bond donors (Lipinski definition) is 2. The average molecular weight is 486 g/mol. The fourth-order valence-corrected chi connectivity index (χ4v) is 4.49. The lowest BCUT2D eigenvalue weighted by atomic mass is 10.1. The van der Waals surface area contributed by atoms with Gasteiger partial charge in [-0.05, 0) is 44.0 Å². The molecule has 1 aromatic heterocycles. The first kappa shape index (κ1) is 24.6.